The van der Waals surface area contributed by atoms with Crippen LogP contribution in [-0.4, -0.2) is 52.5 Å². The number of halogens is 6. The Labute approximate surface area is 233 Å². The van der Waals surface area contributed by atoms with Gasteiger partial charge in [-0.3, -0.25) is 4.98 Å². The molecular weight excluding hydrogens is 573 g/mol. The van der Waals surface area contributed by atoms with Crippen molar-refractivity contribution < 1.29 is 26.7 Å². The number of nitriles is 1. The first-order valence-electron chi connectivity index (χ1n) is 11.8. The number of benzene rings is 1. The first-order valence-corrected chi connectivity index (χ1v) is 12.2. The SMILES string of the molecule is N#Cc1cn(-c2ccc(Cl)c(F)c2-c2ccc(C(CCOC(F)F)n3ccc(-c4ncnn4C(F)F)c3)nc2)nn1. The number of nitrogens with zero attached hydrogens (tertiary/aromatic N) is 9. The molecule has 0 bridgehead atoms. The molecule has 0 aliphatic rings. The van der Waals surface area contributed by atoms with Gasteiger partial charge in [0.15, 0.2) is 17.3 Å². The third-order valence-electron chi connectivity index (χ3n) is 6.07. The van der Waals surface area contributed by atoms with Crippen molar-refractivity contribution in [3.8, 4) is 34.3 Å². The molecule has 0 aliphatic heterocycles. The zero-order valence-corrected chi connectivity index (χ0v) is 21.4. The van der Waals surface area contributed by atoms with Crippen molar-refractivity contribution in [3.05, 3.63) is 83.7 Å². The van der Waals surface area contributed by atoms with Gasteiger partial charge in [0.1, 0.15) is 12.4 Å². The van der Waals surface area contributed by atoms with Gasteiger partial charge in [-0.2, -0.15) is 32.6 Å². The van der Waals surface area contributed by atoms with E-state index < -0.39 is 25.0 Å². The van der Waals surface area contributed by atoms with E-state index in [0.717, 1.165) is 6.33 Å². The van der Waals surface area contributed by atoms with E-state index in [0.29, 0.717) is 21.5 Å². The van der Waals surface area contributed by atoms with E-state index in [-0.39, 0.29) is 40.8 Å². The fraction of sp³-hybridized carbons (Fsp3) is 0.200. The molecule has 16 heteroatoms. The normalized spacial score (nSPS) is 12.3. The minimum absolute atomic E-state index is 0.0199. The van der Waals surface area contributed by atoms with Crippen LogP contribution in [0.15, 0.2) is 61.4 Å². The molecule has 41 heavy (non-hydrogen) atoms. The van der Waals surface area contributed by atoms with Gasteiger partial charge in [-0.15, -0.1) is 5.10 Å². The van der Waals surface area contributed by atoms with Crippen LogP contribution < -0.4 is 0 Å². The predicted molar refractivity (Wildman–Crippen MR) is 134 cm³/mol. The molecule has 0 saturated heterocycles. The summed E-state index contributed by atoms with van der Waals surface area (Å²) < 4.78 is 75.0. The molecule has 1 aromatic carbocycles. The maximum atomic E-state index is 15.3. The molecular formula is C25H17ClF5N9O. The summed E-state index contributed by atoms with van der Waals surface area (Å²) in [4.78, 5) is 8.33. The number of pyridine rings is 1. The Balaban J connectivity index is 1.51. The zero-order chi connectivity index (χ0) is 29.1. The second-order valence-corrected chi connectivity index (χ2v) is 8.88. The van der Waals surface area contributed by atoms with E-state index in [9.17, 15) is 17.6 Å². The van der Waals surface area contributed by atoms with E-state index in [2.05, 4.69) is 30.1 Å². The van der Waals surface area contributed by atoms with Gasteiger partial charge in [0.25, 0.3) is 0 Å². The van der Waals surface area contributed by atoms with Gasteiger partial charge in [0, 0.05) is 35.3 Å². The highest BCUT2D eigenvalue weighted by atomic mass is 35.5. The fourth-order valence-electron chi connectivity index (χ4n) is 4.25. The van der Waals surface area contributed by atoms with Crippen LogP contribution in [0.2, 0.25) is 5.02 Å². The van der Waals surface area contributed by atoms with E-state index >= 15 is 4.39 Å². The number of rotatable bonds is 10. The number of hydrogen-bond acceptors (Lipinski definition) is 7. The first-order chi connectivity index (χ1) is 19.8. The Kier molecular flexibility index (Phi) is 8.04. The van der Waals surface area contributed by atoms with Crippen molar-refractivity contribution in [2.24, 2.45) is 0 Å². The molecule has 1 atom stereocenters. The van der Waals surface area contributed by atoms with Gasteiger partial charge in [-0.05, 0) is 30.7 Å². The molecule has 0 aliphatic carbocycles. The summed E-state index contributed by atoms with van der Waals surface area (Å²) in [7, 11) is 0. The van der Waals surface area contributed by atoms with Gasteiger partial charge in [-0.1, -0.05) is 22.9 Å². The highest BCUT2D eigenvalue weighted by Crippen LogP contribution is 2.34. The molecule has 4 aromatic heterocycles. The Morgan fingerprint density at radius 1 is 1.02 bits per heavy atom. The summed E-state index contributed by atoms with van der Waals surface area (Å²) in [5, 5.41) is 20.0. The minimum atomic E-state index is -2.99. The lowest BCUT2D eigenvalue weighted by Gasteiger charge is -2.19. The number of alkyl halides is 4. The molecule has 0 spiro atoms. The lowest BCUT2D eigenvalue weighted by Crippen LogP contribution is -2.14. The van der Waals surface area contributed by atoms with E-state index in [1.165, 1.54) is 41.5 Å². The Morgan fingerprint density at radius 2 is 1.85 bits per heavy atom. The van der Waals surface area contributed by atoms with Crippen molar-refractivity contribution in [1.29, 1.82) is 5.26 Å². The Morgan fingerprint density at radius 3 is 2.54 bits per heavy atom. The minimum Gasteiger partial charge on any atom is -0.344 e. The average Bonchev–Trinajstić information content (AvgIpc) is 3.73. The maximum Gasteiger partial charge on any atom is 0.345 e. The number of hydrogen-bond donors (Lipinski definition) is 0. The van der Waals surface area contributed by atoms with Crippen molar-refractivity contribution in [2.45, 2.75) is 25.6 Å². The smallest absolute Gasteiger partial charge is 0.344 e. The largest absolute Gasteiger partial charge is 0.345 e. The molecule has 0 saturated carbocycles. The van der Waals surface area contributed by atoms with Crippen LogP contribution in [0.4, 0.5) is 22.0 Å². The van der Waals surface area contributed by atoms with Crippen LogP contribution in [0.1, 0.15) is 30.4 Å². The first kappa shape index (κ1) is 27.9. The van der Waals surface area contributed by atoms with Crippen LogP contribution >= 0.6 is 11.6 Å². The van der Waals surface area contributed by atoms with E-state index in [4.69, 9.17) is 16.9 Å². The summed E-state index contributed by atoms with van der Waals surface area (Å²) in [6, 6.07) is 8.67. The van der Waals surface area contributed by atoms with Gasteiger partial charge in [0.2, 0.25) is 0 Å². The second-order valence-electron chi connectivity index (χ2n) is 8.48. The summed E-state index contributed by atoms with van der Waals surface area (Å²) >= 11 is 6.05. The molecule has 1 unspecified atom stereocenters. The molecule has 5 rings (SSSR count). The lowest BCUT2D eigenvalue weighted by atomic mass is 10.0. The van der Waals surface area contributed by atoms with Crippen LogP contribution in [0.25, 0.3) is 28.2 Å². The highest BCUT2D eigenvalue weighted by molar-refractivity contribution is 6.31. The molecule has 4 heterocycles. The molecule has 0 N–H and O–H groups in total. The Hall–Kier alpha value is -4.68. The predicted octanol–water partition coefficient (Wildman–Crippen LogP) is 5.67. The maximum absolute atomic E-state index is 15.3. The van der Waals surface area contributed by atoms with Crippen LogP contribution in [0, 0.1) is 17.1 Å². The summed E-state index contributed by atoms with van der Waals surface area (Å²) in [6.45, 7) is -6.24. The average molecular weight is 590 g/mol. The third kappa shape index (κ3) is 5.79. The third-order valence-corrected chi connectivity index (χ3v) is 6.36. The van der Waals surface area contributed by atoms with E-state index in [1.807, 2.05) is 6.07 Å². The standard InChI is InChI=1S/C25H17ClF5N9O/c26-17-2-4-20(39-12-16(9-32)36-37-39)21(22(17)27)14-1-3-18(33-10-14)19(6-8-41-25(30)31)38-7-5-15(11-38)23-34-13-35-40(23)24(28)29/h1-5,7,10-13,19,24-25H,6,8H2. The fourth-order valence-corrected chi connectivity index (χ4v) is 4.40. The quantitative estimate of drug-likeness (QED) is 0.193. The van der Waals surface area contributed by atoms with Crippen LogP contribution in [0.5, 0.6) is 0 Å². The molecule has 10 nitrogen and oxygen atoms in total. The summed E-state index contributed by atoms with van der Waals surface area (Å²) in [5.41, 5.74) is 1.31. The van der Waals surface area contributed by atoms with Gasteiger partial charge < -0.3 is 9.30 Å². The van der Waals surface area contributed by atoms with Gasteiger partial charge in [-0.25, -0.2) is 14.1 Å². The van der Waals surface area contributed by atoms with Gasteiger partial charge in [0.05, 0.1) is 35.2 Å². The second kappa shape index (κ2) is 11.8. The monoisotopic (exact) mass is 589 g/mol. The Bertz CT molecular complexity index is 1690. The van der Waals surface area contributed by atoms with Gasteiger partial charge >= 0.3 is 13.2 Å². The van der Waals surface area contributed by atoms with Crippen LogP contribution in [0.3, 0.4) is 0 Å². The molecule has 210 valence electrons. The van der Waals surface area contributed by atoms with Crippen molar-refractivity contribution in [2.75, 3.05) is 6.61 Å². The molecule has 5 aromatic rings. The topological polar surface area (TPSA) is 112 Å². The molecule has 0 radical (unpaired) electrons. The number of aromatic nitrogens is 8. The van der Waals surface area contributed by atoms with Crippen molar-refractivity contribution in [3.63, 3.8) is 0 Å². The van der Waals surface area contributed by atoms with E-state index in [1.54, 1.807) is 22.9 Å². The van der Waals surface area contributed by atoms with Crippen LogP contribution in [-0.2, 0) is 4.74 Å². The van der Waals surface area contributed by atoms with Crippen molar-refractivity contribution >= 4 is 11.6 Å². The highest BCUT2D eigenvalue weighted by Gasteiger charge is 2.22. The zero-order valence-electron chi connectivity index (χ0n) is 20.6. The van der Waals surface area contributed by atoms with Crippen molar-refractivity contribution in [1.82, 2.24) is 39.3 Å². The molecule has 0 fully saturated rings. The number of ether oxygens (including phenoxy) is 1. The summed E-state index contributed by atoms with van der Waals surface area (Å²) in [6.07, 6.45) is 6.81. The lowest BCUT2D eigenvalue weighted by molar-refractivity contribution is -0.130. The molecule has 0 amide bonds. The summed E-state index contributed by atoms with van der Waals surface area (Å²) in [5.74, 6) is -0.839.